The summed E-state index contributed by atoms with van der Waals surface area (Å²) in [6.45, 7) is 13.2. The van der Waals surface area contributed by atoms with E-state index in [1.807, 2.05) is 13.0 Å². The highest BCUT2D eigenvalue weighted by molar-refractivity contribution is 5.91. The van der Waals surface area contributed by atoms with Gasteiger partial charge < -0.3 is 9.47 Å². The molecule has 2 saturated heterocycles. The molecule has 0 unspecified atom stereocenters. The third-order valence-corrected chi connectivity index (χ3v) is 4.32. The quantitative estimate of drug-likeness (QED) is 0.227. The minimum Gasteiger partial charge on any atom is -0.455 e. The van der Waals surface area contributed by atoms with Crippen LogP contribution in [0.25, 0.3) is 0 Å². The molecule has 2 aliphatic heterocycles. The summed E-state index contributed by atoms with van der Waals surface area (Å²) in [5, 5.41) is 0. The first-order valence-electron chi connectivity index (χ1n) is 7.24. The Labute approximate surface area is 125 Å². The van der Waals surface area contributed by atoms with Crippen molar-refractivity contribution in [2.75, 3.05) is 0 Å². The van der Waals surface area contributed by atoms with E-state index < -0.39 is 0 Å². The lowest BCUT2D eigenvalue weighted by Crippen LogP contribution is -2.28. The third kappa shape index (κ3) is 3.16. The van der Waals surface area contributed by atoms with Gasteiger partial charge in [0.2, 0.25) is 0 Å². The summed E-state index contributed by atoms with van der Waals surface area (Å²) in [6, 6.07) is 0. The monoisotopic (exact) mass is 290 g/mol. The summed E-state index contributed by atoms with van der Waals surface area (Å²) >= 11 is 0. The van der Waals surface area contributed by atoms with Crippen molar-refractivity contribution < 1.29 is 19.1 Å². The molecule has 0 aromatic heterocycles. The van der Waals surface area contributed by atoms with Crippen LogP contribution in [0.1, 0.15) is 32.6 Å². The molecule has 2 aliphatic rings. The lowest BCUT2D eigenvalue weighted by Gasteiger charge is -2.17. The first-order valence-corrected chi connectivity index (χ1v) is 7.24. The van der Waals surface area contributed by atoms with Crippen LogP contribution in [0.5, 0.6) is 0 Å². The Bertz CT molecular complexity index is 493. The Morgan fingerprint density at radius 2 is 2.19 bits per heavy atom. The Hall–Kier alpha value is -1.68. The average molecular weight is 290 g/mol. The van der Waals surface area contributed by atoms with Gasteiger partial charge in [-0.05, 0) is 38.2 Å². The highest BCUT2D eigenvalue weighted by Gasteiger charge is 2.61. The molecule has 21 heavy (non-hydrogen) atoms. The summed E-state index contributed by atoms with van der Waals surface area (Å²) in [4.78, 5) is 22.3. The first-order chi connectivity index (χ1) is 9.92. The number of ether oxygens (including phenoxy) is 2. The van der Waals surface area contributed by atoms with Crippen molar-refractivity contribution in [2.45, 2.75) is 50.4 Å². The average Bonchev–Trinajstić information content (AvgIpc) is 3.03. The minimum absolute atomic E-state index is 0.0476. The van der Waals surface area contributed by atoms with Crippen LogP contribution in [-0.2, 0) is 19.1 Å². The van der Waals surface area contributed by atoms with Gasteiger partial charge in [-0.15, -0.1) is 6.58 Å². The van der Waals surface area contributed by atoms with Crippen LogP contribution in [0.15, 0.2) is 37.0 Å². The molecule has 4 nitrogen and oxygen atoms in total. The van der Waals surface area contributed by atoms with Crippen molar-refractivity contribution >= 4 is 12.3 Å². The third-order valence-electron chi connectivity index (χ3n) is 4.32. The van der Waals surface area contributed by atoms with Crippen molar-refractivity contribution in [2.24, 2.45) is 5.92 Å². The highest BCUT2D eigenvalue weighted by atomic mass is 16.6. The molecule has 0 radical (unpaired) electrons. The van der Waals surface area contributed by atoms with E-state index in [4.69, 9.17) is 9.47 Å². The zero-order valence-electron chi connectivity index (χ0n) is 12.5. The number of carbonyl (C=O) groups is 2. The van der Waals surface area contributed by atoms with E-state index in [0.717, 1.165) is 25.5 Å². The number of esters is 1. The molecule has 0 spiro atoms. The molecule has 0 aromatic rings. The fraction of sp³-hybridized carbons (Fsp3) is 0.529. The molecular formula is C17H22O4. The van der Waals surface area contributed by atoms with E-state index in [1.165, 1.54) is 0 Å². The number of rotatable bonds is 8. The maximum atomic E-state index is 11.8. The summed E-state index contributed by atoms with van der Waals surface area (Å²) in [6.07, 6.45) is 5.09. The Kier molecular flexibility index (Phi) is 4.47. The number of epoxide rings is 1. The van der Waals surface area contributed by atoms with Gasteiger partial charge in [0.15, 0.2) is 0 Å². The van der Waals surface area contributed by atoms with E-state index in [-0.39, 0.29) is 29.7 Å². The molecule has 2 rings (SSSR count). The van der Waals surface area contributed by atoms with Gasteiger partial charge in [-0.25, -0.2) is 4.79 Å². The second kappa shape index (κ2) is 5.98. The van der Waals surface area contributed by atoms with E-state index in [1.54, 1.807) is 0 Å². The minimum atomic E-state index is -0.337. The lowest BCUT2D eigenvalue weighted by molar-refractivity contribution is -0.140. The molecule has 4 atom stereocenters. The van der Waals surface area contributed by atoms with Crippen LogP contribution in [0.4, 0.5) is 0 Å². The zero-order chi connectivity index (χ0) is 15.6. The molecule has 0 bridgehead atoms. The van der Waals surface area contributed by atoms with Gasteiger partial charge in [0, 0.05) is 11.5 Å². The van der Waals surface area contributed by atoms with Gasteiger partial charge in [-0.1, -0.05) is 19.2 Å². The molecule has 0 aromatic carbocycles. The Morgan fingerprint density at radius 1 is 1.48 bits per heavy atom. The number of cyclic esters (lactones) is 1. The summed E-state index contributed by atoms with van der Waals surface area (Å²) in [5.74, 6) is -0.385. The maximum absolute atomic E-state index is 11.8. The predicted molar refractivity (Wildman–Crippen MR) is 79.7 cm³/mol. The number of carbonyl (C=O) groups excluding carboxylic acids is 2. The summed E-state index contributed by atoms with van der Waals surface area (Å²) in [5.41, 5.74) is 0.789. The molecule has 0 saturated carbocycles. The zero-order valence-corrected chi connectivity index (χ0v) is 12.5. The maximum Gasteiger partial charge on any atom is 0.334 e. The molecule has 0 amide bonds. The summed E-state index contributed by atoms with van der Waals surface area (Å²) < 4.78 is 11.2. The normalized spacial score (nSPS) is 34.4. The Balaban J connectivity index is 1.98. The topological polar surface area (TPSA) is 55.9 Å². The highest BCUT2D eigenvalue weighted by Crippen LogP contribution is 2.48. The largest absolute Gasteiger partial charge is 0.455 e. The molecule has 2 heterocycles. The van der Waals surface area contributed by atoms with Gasteiger partial charge in [-0.3, -0.25) is 4.79 Å². The molecule has 0 N–H and O–H groups in total. The van der Waals surface area contributed by atoms with Crippen LogP contribution in [0.2, 0.25) is 0 Å². The van der Waals surface area contributed by atoms with E-state index in [9.17, 15) is 9.59 Å². The van der Waals surface area contributed by atoms with Gasteiger partial charge in [0.1, 0.15) is 18.5 Å². The van der Waals surface area contributed by atoms with E-state index >= 15 is 0 Å². The Morgan fingerprint density at radius 3 is 2.81 bits per heavy atom. The summed E-state index contributed by atoms with van der Waals surface area (Å²) in [7, 11) is 0. The predicted octanol–water partition coefficient (Wildman–Crippen LogP) is 2.74. The SMILES string of the molecule is C=CC[C@@]1(C)O[C@@H]1[C@H]1OC(=O)C(=C)[C@@H]1CCCC(=C)C=O. The van der Waals surface area contributed by atoms with Crippen molar-refractivity contribution in [1.29, 1.82) is 0 Å². The van der Waals surface area contributed by atoms with Crippen molar-refractivity contribution in [3.05, 3.63) is 37.0 Å². The van der Waals surface area contributed by atoms with E-state index in [0.29, 0.717) is 17.6 Å². The van der Waals surface area contributed by atoms with Crippen LogP contribution in [0.3, 0.4) is 0 Å². The van der Waals surface area contributed by atoms with Crippen molar-refractivity contribution in [3.8, 4) is 0 Å². The first kappa shape index (κ1) is 15.7. The fourth-order valence-electron chi connectivity index (χ4n) is 2.97. The molecule has 2 fully saturated rings. The van der Waals surface area contributed by atoms with Crippen molar-refractivity contribution in [1.82, 2.24) is 0 Å². The van der Waals surface area contributed by atoms with Gasteiger partial charge in [-0.2, -0.15) is 0 Å². The number of hydrogen-bond donors (Lipinski definition) is 0. The van der Waals surface area contributed by atoms with Gasteiger partial charge >= 0.3 is 5.97 Å². The van der Waals surface area contributed by atoms with Crippen LogP contribution in [0, 0.1) is 5.92 Å². The van der Waals surface area contributed by atoms with Crippen molar-refractivity contribution in [3.63, 3.8) is 0 Å². The second-order valence-corrected chi connectivity index (χ2v) is 6.01. The van der Waals surface area contributed by atoms with Crippen LogP contribution in [-0.4, -0.2) is 30.1 Å². The molecular weight excluding hydrogens is 268 g/mol. The van der Waals surface area contributed by atoms with Gasteiger partial charge in [0.25, 0.3) is 0 Å². The van der Waals surface area contributed by atoms with E-state index in [2.05, 4.69) is 19.7 Å². The molecule has 4 heteroatoms. The number of aldehydes is 1. The standard InChI is InChI=1S/C17H22O4/c1-5-9-17(4)15(21-17)14-13(12(3)16(19)20-14)8-6-7-11(2)10-18/h5,10,13-15H,1-3,6-9H2,4H3/t13-,14-,15+,17+/m0/s1. The number of hydrogen-bond acceptors (Lipinski definition) is 4. The molecule has 114 valence electrons. The van der Waals surface area contributed by atoms with Crippen LogP contribution < -0.4 is 0 Å². The smallest absolute Gasteiger partial charge is 0.334 e. The van der Waals surface area contributed by atoms with Gasteiger partial charge in [0.05, 0.1) is 5.60 Å². The second-order valence-electron chi connectivity index (χ2n) is 6.01. The van der Waals surface area contributed by atoms with Crippen LogP contribution >= 0.6 is 0 Å². The molecule has 0 aliphatic carbocycles. The number of allylic oxidation sites excluding steroid dienone is 1. The fourth-order valence-corrected chi connectivity index (χ4v) is 2.97. The lowest BCUT2D eigenvalue weighted by atomic mass is 9.86.